The molecule has 1 N–H and O–H groups in total. The predicted octanol–water partition coefficient (Wildman–Crippen LogP) is 3.99. The van der Waals surface area contributed by atoms with Crippen molar-refractivity contribution in [1.29, 1.82) is 0 Å². The first-order valence-electron chi connectivity index (χ1n) is 10.6. The lowest BCUT2D eigenvalue weighted by molar-refractivity contribution is -0.127. The SMILES string of the molecule is Cc1cccc(Nc2cc(C)nc([C@H]3CCCN(C(=O)/C=C/c4cnn(C)c4)C3)c2)n1. The molecule has 1 saturated heterocycles. The van der Waals surface area contributed by atoms with Crippen molar-refractivity contribution in [2.24, 2.45) is 7.05 Å². The van der Waals surface area contributed by atoms with Gasteiger partial charge in [0.05, 0.1) is 6.20 Å². The second-order valence-electron chi connectivity index (χ2n) is 8.12. The Morgan fingerprint density at radius 2 is 2.06 bits per heavy atom. The van der Waals surface area contributed by atoms with Crippen LogP contribution in [0, 0.1) is 13.8 Å². The van der Waals surface area contributed by atoms with E-state index in [-0.39, 0.29) is 11.8 Å². The topological polar surface area (TPSA) is 75.9 Å². The minimum absolute atomic E-state index is 0.0310. The van der Waals surface area contributed by atoms with Crippen LogP contribution < -0.4 is 5.32 Å². The van der Waals surface area contributed by atoms with Crippen molar-refractivity contribution >= 4 is 23.5 Å². The molecule has 160 valence electrons. The first kappa shape index (κ1) is 20.8. The lowest BCUT2D eigenvalue weighted by Crippen LogP contribution is -2.38. The van der Waals surface area contributed by atoms with E-state index in [9.17, 15) is 4.79 Å². The van der Waals surface area contributed by atoms with Crippen molar-refractivity contribution in [3.05, 3.63) is 71.4 Å². The number of aromatic nitrogens is 4. The van der Waals surface area contributed by atoms with Crippen molar-refractivity contribution in [3.8, 4) is 0 Å². The van der Waals surface area contributed by atoms with E-state index in [0.717, 1.165) is 53.5 Å². The maximum absolute atomic E-state index is 12.7. The van der Waals surface area contributed by atoms with Crippen LogP contribution in [0.15, 0.2) is 48.8 Å². The van der Waals surface area contributed by atoms with Gasteiger partial charge >= 0.3 is 0 Å². The summed E-state index contributed by atoms with van der Waals surface area (Å²) in [7, 11) is 1.86. The molecule has 0 spiro atoms. The third kappa shape index (κ3) is 5.36. The van der Waals surface area contributed by atoms with E-state index in [4.69, 9.17) is 4.98 Å². The number of nitrogens with zero attached hydrogens (tertiary/aromatic N) is 5. The zero-order valence-electron chi connectivity index (χ0n) is 18.2. The average Bonchev–Trinajstić information content (AvgIpc) is 3.17. The molecule has 4 rings (SSSR count). The molecule has 0 bridgehead atoms. The van der Waals surface area contributed by atoms with Gasteiger partial charge in [-0.15, -0.1) is 0 Å². The highest BCUT2D eigenvalue weighted by Gasteiger charge is 2.25. The fourth-order valence-corrected chi connectivity index (χ4v) is 3.95. The van der Waals surface area contributed by atoms with E-state index in [1.165, 1.54) is 0 Å². The molecule has 4 heterocycles. The van der Waals surface area contributed by atoms with Crippen LogP contribution in [0.2, 0.25) is 0 Å². The number of nitrogens with one attached hydrogen (secondary N) is 1. The molecule has 3 aromatic heterocycles. The summed E-state index contributed by atoms with van der Waals surface area (Å²) >= 11 is 0. The van der Waals surface area contributed by atoms with Gasteiger partial charge in [-0.05, 0) is 57.0 Å². The molecule has 7 heteroatoms. The molecule has 1 aliphatic heterocycles. The Hall–Kier alpha value is -3.48. The predicted molar refractivity (Wildman–Crippen MR) is 122 cm³/mol. The molecule has 1 fully saturated rings. The lowest BCUT2D eigenvalue weighted by atomic mass is 9.93. The standard InChI is InChI=1S/C24H28N6O/c1-17-6-4-8-23(27-17)28-21-12-18(2)26-22(13-21)20-7-5-11-30(16-20)24(31)10-9-19-14-25-29(3)15-19/h4,6,8-10,12-15,20H,5,7,11,16H2,1-3H3,(H,26,27,28)/b10-9+/t20-/m0/s1. The minimum atomic E-state index is 0.0310. The molecule has 0 aromatic carbocycles. The quantitative estimate of drug-likeness (QED) is 0.637. The van der Waals surface area contributed by atoms with Gasteiger partial charge in [0.25, 0.3) is 0 Å². The molecule has 1 aliphatic rings. The number of carbonyl (C=O) groups is 1. The molecule has 0 aliphatic carbocycles. The highest BCUT2D eigenvalue weighted by molar-refractivity contribution is 5.91. The summed E-state index contributed by atoms with van der Waals surface area (Å²) < 4.78 is 1.72. The zero-order chi connectivity index (χ0) is 21.8. The number of amides is 1. The van der Waals surface area contributed by atoms with Gasteiger partial charge < -0.3 is 10.2 Å². The number of pyridine rings is 2. The van der Waals surface area contributed by atoms with Crippen LogP contribution in [-0.2, 0) is 11.8 Å². The maximum atomic E-state index is 12.7. The van der Waals surface area contributed by atoms with Crippen LogP contribution in [0.3, 0.4) is 0 Å². The van der Waals surface area contributed by atoms with Crippen LogP contribution in [0.5, 0.6) is 0 Å². The maximum Gasteiger partial charge on any atom is 0.246 e. The summed E-state index contributed by atoms with van der Waals surface area (Å²) in [4.78, 5) is 24.0. The smallest absolute Gasteiger partial charge is 0.246 e. The van der Waals surface area contributed by atoms with E-state index in [2.05, 4.69) is 21.5 Å². The summed E-state index contributed by atoms with van der Waals surface area (Å²) in [5.74, 6) is 1.07. The normalized spacial score (nSPS) is 16.6. The van der Waals surface area contributed by atoms with Crippen LogP contribution >= 0.6 is 0 Å². The molecule has 1 amide bonds. The molecule has 0 radical (unpaired) electrons. The number of anilines is 2. The number of hydrogen-bond acceptors (Lipinski definition) is 5. The van der Waals surface area contributed by atoms with Crippen molar-refractivity contribution in [1.82, 2.24) is 24.6 Å². The van der Waals surface area contributed by atoms with Gasteiger partial charge in [0.2, 0.25) is 5.91 Å². The molecule has 3 aromatic rings. The highest BCUT2D eigenvalue weighted by atomic mass is 16.2. The number of piperidine rings is 1. The second kappa shape index (κ2) is 9.12. The van der Waals surface area contributed by atoms with Crippen LogP contribution in [0.1, 0.15) is 41.4 Å². The molecule has 0 saturated carbocycles. The van der Waals surface area contributed by atoms with Gasteiger partial charge in [0.15, 0.2) is 0 Å². The Kier molecular flexibility index (Phi) is 6.11. The zero-order valence-corrected chi connectivity index (χ0v) is 18.2. The van der Waals surface area contributed by atoms with E-state index in [1.54, 1.807) is 17.0 Å². The fraction of sp³-hybridized carbons (Fsp3) is 0.333. The van der Waals surface area contributed by atoms with Crippen LogP contribution in [0.4, 0.5) is 11.5 Å². The summed E-state index contributed by atoms with van der Waals surface area (Å²) in [5.41, 5.74) is 4.83. The number of aryl methyl sites for hydroxylation is 3. The monoisotopic (exact) mass is 416 g/mol. The first-order chi connectivity index (χ1) is 15.0. The summed E-state index contributed by atoms with van der Waals surface area (Å²) in [6.07, 6.45) is 9.08. The van der Waals surface area contributed by atoms with Crippen molar-refractivity contribution in [2.45, 2.75) is 32.6 Å². The molecule has 7 nitrogen and oxygen atoms in total. The summed E-state index contributed by atoms with van der Waals surface area (Å²) in [6.45, 7) is 5.43. The van der Waals surface area contributed by atoms with Crippen LogP contribution in [-0.4, -0.2) is 43.6 Å². The second-order valence-corrected chi connectivity index (χ2v) is 8.12. The Morgan fingerprint density at radius 1 is 1.19 bits per heavy atom. The molecule has 31 heavy (non-hydrogen) atoms. The van der Waals surface area contributed by atoms with Gasteiger partial charge in [-0.25, -0.2) is 4.98 Å². The number of carbonyl (C=O) groups excluding carboxylic acids is 1. The average molecular weight is 417 g/mol. The summed E-state index contributed by atoms with van der Waals surface area (Å²) in [6, 6.07) is 10.0. The number of hydrogen-bond donors (Lipinski definition) is 1. The van der Waals surface area contributed by atoms with Gasteiger partial charge in [-0.2, -0.15) is 5.10 Å². The van der Waals surface area contributed by atoms with Crippen molar-refractivity contribution in [2.75, 3.05) is 18.4 Å². The molecule has 0 unspecified atom stereocenters. The van der Waals surface area contributed by atoms with E-state index >= 15 is 0 Å². The van der Waals surface area contributed by atoms with Gasteiger partial charge in [0.1, 0.15) is 5.82 Å². The third-order valence-electron chi connectivity index (χ3n) is 5.43. The largest absolute Gasteiger partial charge is 0.340 e. The fourth-order valence-electron chi connectivity index (χ4n) is 3.95. The van der Waals surface area contributed by atoms with Gasteiger partial charge in [-0.1, -0.05) is 6.07 Å². The molecular weight excluding hydrogens is 388 g/mol. The minimum Gasteiger partial charge on any atom is -0.340 e. The van der Waals surface area contributed by atoms with Crippen LogP contribution in [0.25, 0.3) is 6.08 Å². The number of likely N-dealkylation sites (tertiary alicyclic amines) is 1. The Labute approximate surface area is 182 Å². The highest BCUT2D eigenvalue weighted by Crippen LogP contribution is 2.29. The third-order valence-corrected chi connectivity index (χ3v) is 5.43. The Bertz CT molecular complexity index is 1100. The van der Waals surface area contributed by atoms with E-state index in [0.29, 0.717) is 6.54 Å². The molecular formula is C24H28N6O. The Balaban J connectivity index is 1.46. The lowest BCUT2D eigenvalue weighted by Gasteiger charge is -2.32. The first-order valence-corrected chi connectivity index (χ1v) is 10.6. The van der Waals surface area contributed by atoms with Crippen molar-refractivity contribution in [3.63, 3.8) is 0 Å². The van der Waals surface area contributed by atoms with E-state index in [1.807, 2.05) is 62.3 Å². The summed E-state index contributed by atoms with van der Waals surface area (Å²) in [5, 5.41) is 7.52. The van der Waals surface area contributed by atoms with Crippen molar-refractivity contribution < 1.29 is 4.79 Å². The van der Waals surface area contributed by atoms with E-state index < -0.39 is 0 Å². The molecule has 1 atom stereocenters. The van der Waals surface area contributed by atoms with Gasteiger partial charge in [0, 0.05) is 66.7 Å². The van der Waals surface area contributed by atoms with Gasteiger partial charge in [-0.3, -0.25) is 14.5 Å². The Morgan fingerprint density at radius 3 is 2.84 bits per heavy atom. The number of rotatable bonds is 5.